The minimum absolute atomic E-state index is 0.177. The van der Waals surface area contributed by atoms with E-state index in [0.29, 0.717) is 19.0 Å². The van der Waals surface area contributed by atoms with Crippen LogP contribution in [0.25, 0.3) is 0 Å². The molecule has 0 bridgehead atoms. The van der Waals surface area contributed by atoms with Crippen LogP contribution in [0.5, 0.6) is 5.75 Å². The zero-order valence-electron chi connectivity index (χ0n) is 12.7. The first-order valence-electron chi connectivity index (χ1n) is 7.57. The summed E-state index contributed by atoms with van der Waals surface area (Å²) in [7, 11) is 1.66. The summed E-state index contributed by atoms with van der Waals surface area (Å²) in [5.41, 5.74) is 2.12. The molecule has 114 valence electrons. The second-order valence-corrected chi connectivity index (χ2v) is 5.64. The molecule has 1 aromatic heterocycles. The van der Waals surface area contributed by atoms with Crippen molar-refractivity contribution >= 4 is 5.91 Å². The Hall–Kier alpha value is -2.36. The molecule has 22 heavy (non-hydrogen) atoms. The highest BCUT2D eigenvalue weighted by Crippen LogP contribution is 2.29. The van der Waals surface area contributed by atoms with Crippen molar-refractivity contribution in [2.45, 2.75) is 31.8 Å². The largest absolute Gasteiger partial charge is 0.497 e. The van der Waals surface area contributed by atoms with E-state index in [1.807, 2.05) is 41.3 Å². The fraction of sp³-hybridized carbons (Fsp3) is 0.333. The van der Waals surface area contributed by atoms with Crippen LogP contribution in [0.2, 0.25) is 0 Å². The van der Waals surface area contributed by atoms with Crippen LogP contribution in [-0.2, 0) is 17.8 Å². The lowest BCUT2D eigenvalue weighted by atomic mass is 10.1. The molecule has 4 nitrogen and oxygen atoms in total. The molecule has 0 saturated heterocycles. The van der Waals surface area contributed by atoms with Crippen LogP contribution < -0.4 is 4.74 Å². The Morgan fingerprint density at radius 3 is 2.68 bits per heavy atom. The van der Waals surface area contributed by atoms with Gasteiger partial charge < -0.3 is 9.64 Å². The SMILES string of the molecule is COc1cccc(CN(C(=O)Cc2ccncc2)C2CC2)c1. The molecule has 1 aliphatic rings. The molecule has 1 saturated carbocycles. The molecule has 1 aliphatic carbocycles. The highest BCUT2D eigenvalue weighted by molar-refractivity contribution is 5.79. The van der Waals surface area contributed by atoms with Gasteiger partial charge in [0.2, 0.25) is 5.91 Å². The van der Waals surface area contributed by atoms with Gasteiger partial charge in [-0.05, 0) is 48.2 Å². The predicted octanol–water partition coefficient (Wildman–Crippen LogP) is 2.82. The van der Waals surface area contributed by atoms with Gasteiger partial charge >= 0.3 is 0 Å². The number of methoxy groups -OCH3 is 1. The number of hydrogen-bond acceptors (Lipinski definition) is 3. The Morgan fingerprint density at radius 1 is 1.23 bits per heavy atom. The van der Waals surface area contributed by atoms with E-state index in [9.17, 15) is 4.79 Å². The third-order valence-electron chi connectivity index (χ3n) is 3.90. The van der Waals surface area contributed by atoms with Crippen LogP contribution in [0.15, 0.2) is 48.8 Å². The van der Waals surface area contributed by atoms with Gasteiger partial charge in [-0.15, -0.1) is 0 Å². The molecule has 3 rings (SSSR count). The number of rotatable bonds is 6. The first-order valence-corrected chi connectivity index (χ1v) is 7.57. The normalized spacial score (nSPS) is 13.7. The molecule has 0 unspecified atom stereocenters. The van der Waals surface area contributed by atoms with E-state index in [1.54, 1.807) is 19.5 Å². The average molecular weight is 296 g/mol. The minimum atomic E-state index is 0.177. The molecule has 4 heteroatoms. The van der Waals surface area contributed by atoms with E-state index in [-0.39, 0.29) is 5.91 Å². The Morgan fingerprint density at radius 2 is 2.00 bits per heavy atom. The molecule has 1 heterocycles. The van der Waals surface area contributed by atoms with Gasteiger partial charge in [0.1, 0.15) is 5.75 Å². The molecule has 0 spiro atoms. The van der Waals surface area contributed by atoms with Gasteiger partial charge in [-0.2, -0.15) is 0 Å². The van der Waals surface area contributed by atoms with Gasteiger partial charge in [-0.25, -0.2) is 0 Å². The predicted molar refractivity (Wildman–Crippen MR) is 84.5 cm³/mol. The zero-order valence-corrected chi connectivity index (χ0v) is 12.7. The Kier molecular flexibility index (Phi) is 4.37. The average Bonchev–Trinajstić information content (AvgIpc) is 3.38. The van der Waals surface area contributed by atoms with E-state index in [2.05, 4.69) is 4.98 Å². The minimum Gasteiger partial charge on any atom is -0.497 e. The number of ether oxygens (including phenoxy) is 1. The fourth-order valence-electron chi connectivity index (χ4n) is 2.55. The van der Waals surface area contributed by atoms with Gasteiger partial charge in [0, 0.05) is 25.0 Å². The highest BCUT2D eigenvalue weighted by atomic mass is 16.5. The van der Waals surface area contributed by atoms with Crippen molar-refractivity contribution in [1.82, 2.24) is 9.88 Å². The number of aromatic nitrogens is 1. The van der Waals surface area contributed by atoms with Crippen molar-refractivity contribution in [2.24, 2.45) is 0 Å². The Labute approximate surface area is 130 Å². The van der Waals surface area contributed by atoms with Crippen molar-refractivity contribution in [1.29, 1.82) is 0 Å². The molecular formula is C18H20N2O2. The fourth-order valence-corrected chi connectivity index (χ4v) is 2.55. The first-order chi connectivity index (χ1) is 10.8. The summed E-state index contributed by atoms with van der Waals surface area (Å²) >= 11 is 0. The van der Waals surface area contributed by atoms with Crippen molar-refractivity contribution in [3.8, 4) is 5.75 Å². The maximum absolute atomic E-state index is 12.6. The van der Waals surface area contributed by atoms with Crippen LogP contribution in [0.1, 0.15) is 24.0 Å². The third-order valence-corrected chi connectivity index (χ3v) is 3.90. The molecule has 1 fully saturated rings. The molecule has 0 N–H and O–H groups in total. The lowest BCUT2D eigenvalue weighted by molar-refractivity contribution is -0.131. The number of carbonyl (C=O) groups is 1. The van der Waals surface area contributed by atoms with Gasteiger partial charge in [0.15, 0.2) is 0 Å². The van der Waals surface area contributed by atoms with Gasteiger partial charge in [-0.1, -0.05) is 12.1 Å². The zero-order chi connectivity index (χ0) is 15.4. The maximum Gasteiger partial charge on any atom is 0.227 e. The Balaban J connectivity index is 1.71. The topological polar surface area (TPSA) is 42.4 Å². The summed E-state index contributed by atoms with van der Waals surface area (Å²) in [5, 5.41) is 0. The molecule has 0 aliphatic heterocycles. The second-order valence-electron chi connectivity index (χ2n) is 5.64. The van der Waals surface area contributed by atoms with Gasteiger partial charge in [-0.3, -0.25) is 9.78 Å². The monoisotopic (exact) mass is 296 g/mol. The number of amides is 1. The van der Waals surface area contributed by atoms with Crippen molar-refractivity contribution < 1.29 is 9.53 Å². The summed E-state index contributed by atoms with van der Waals surface area (Å²) < 4.78 is 5.26. The Bertz CT molecular complexity index is 639. The molecule has 1 amide bonds. The highest BCUT2D eigenvalue weighted by Gasteiger charge is 2.32. The summed E-state index contributed by atoms with van der Waals surface area (Å²) in [6.45, 7) is 0.645. The maximum atomic E-state index is 12.6. The first kappa shape index (κ1) is 14.6. The molecule has 0 radical (unpaired) electrons. The summed E-state index contributed by atoms with van der Waals surface area (Å²) in [5.74, 6) is 1.01. The van der Waals surface area contributed by atoms with Crippen LogP contribution in [0.4, 0.5) is 0 Å². The van der Waals surface area contributed by atoms with Crippen molar-refractivity contribution in [3.05, 3.63) is 59.9 Å². The van der Waals surface area contributed by atoms with Gasteiger partial charge in [0.25, 0.3) is 0 Å². The summed E-state index contributed by atoms with van der Waals surface area (Å²) in [6, 6.07) is 12.1. The smallest absolute Gasteiger partial charge is 0.227 e. The lowest BCUT2D eigenvalue weighted by Gasteiger charge is -2.23. The number of pyridine rings is 1. The molecule has 1 aromatic carbocycles. The lowest BCUT2D eigenvalue weighted by Crippen LogP contribution is -2.33. The van der Waals surface area contributed by atoms with Crippen molar-refractivity contribution in [2.75, 3.05) is 7.11 Å². The number of carbonyl (C=O) groups excluding carboxylic acids is 1. The number of hydrogen-bond donors (Lipinski definition) is 0. The quantitative estimate of drug-likeness (QED) is 0.823. The van der Waals surface area contributed by atoms with Crippen LogP contribution in [-0.4, -0.2) is 28.9 Å². The van der Waals surface area contributed by atoms with E-state index in [4.69, 9.17) is 4.74 Å². The molecule has 0 atom stereocenters. The summed E-state index contributed by atoms with van der Waals surface area (Å²) in [4.78, 5) is 18.6. The molecular weight excluding hydrogens is 276 g/mol. The van der Waals surface area contributed by atoms with E-state index in [1.165, 1.54) is 0 Å². The number of nitrogens with zero attached hydrogens (tertiary/aromatic N) is 2. The number of benzene rings is 1. The standard InChI is InChI=1S/C18H20N2O2/c1-22-17-4-2-3-15(11-17)13-20(16-5-6-16)18(21)12-14-7-9-19-10-8-14/h2-4,7-11,16H,5-6,12-13H2,1H3. The van der Waals surface area contributed by atoms with E-state index >= 15 is 0 Å². The summed E-state index contributed by atoms with van der Waals surface area (Å²) in [6.07, 6.45) is 6.10. The van der Waals surface area contributed by atoms with Crippen LogP contribution in [0, 0.1) is 0 Å². The van der Waals surface area contributed by atoms with E-state index in [0.717, 1.165) is 29.7 Å². The van der Waals surface area contributed by atoms with Gasteiger partial charge in [0.05, 0.1) is 13.5 Å². The molecule has 2 aromatic rings. The van der Waals surface area contributed by atoms with Crippen molar-refractivity contribution in [3.63, 3.8) is 0 Å². The van der Waals surface area contributed by atoms with Crippen LogP contribution >= 0.6 is 0 Å². The van der Waals surface area contributed by atoms with Crippen LogP contribution in [0.3, 0.4) is 0 Å². The van der Waals surface area contributed by atoms with E-state index < -0.39 is 0 Å². The third kappa shape index (κ3) is 3.64. The second kappa shape index (κ2) is 6.60.